The number of carbonyl (C=O) groups is 1. The quantitative estimate of drug-likeness (QED) is 0.121. The summed E-state index contributed by atoms with van der Waals surface area (Å²) in [7, 11) is -4.73. The minimum absolute atomic E-state index is 0.0771. The van der Waals surface area contributed by atoms with E-state index in [-0.39, 0.29) is 6.42 Å². The highest BCUT2D eigenvalue weighted by molar-refractivity contribution is 7.80. The van der Waals surface area contributed by atoms with Gasteiger partial charge in [0.25, 0.3) is 0 Å². The van der Waals surface area contributed by atoms with Crippen molar-refractivity contribution in [1.29, 1.82) is 0 Å². The fraction of sp³-hybridized carbons (Fsp3) is 0.833. The van der Waals surface area contributed by atoms with Gasteiger partial charge < -0.3 is 0 Å². The molecule has 6 nitrogen and oxygen atoms in total. The van der Waals surface area contributed by atoms with Gasteiger partial charge in [0.2, 0.25) is 0 Å². The van der Waals surface area contributed by atoms with Gasteiger partial charge in [-0.2, -0.15) is 8.42 Å². The van der Waals surface area contributed by atoms with Crippen LogP contribution in [-0.4, -0.2) is 18.9 Å². The standard InChI is InChI=1S/C18H34O6S/c1-2-3-4-5-6-7-8-9-10-11-12-13-14-15-16-17-18(19)23-24-25(20,21)22/h9-10H,2-8,11-17H2,1H3,(H,20,21,22)/b10-9-. The molecule has 0 atom stereocenters. The maximum Gasteiger partial charge on any atom is 0.432 e. The molecule has 0 aliphatic heterocycles. The lowest BCUT2D eigenvalue weighted by Gasteiger charge is -2.01. The summed E-state index contributed by atoms with van der Waals surface area (Å²) in [5.41, 5.74) is 0. The molecule has 0 aromatic rings. The van der Waals surface area contributed by atoms with Crippen molar-refractivity contribution in [2.75, 3.05) is 0 Å². The number of hydrogen-bond donors (Lipinski definition) is 1. The molecule has 0 aliphatic rings. The van der Waals surface area contributed by atoms with Crippen LogP contribution in [0.5, 0.6) is 0 Å². The van der Waals surface area contributed by atoms with Crippen LogP contribution in [0.4, 0.5) is 0 Å². The molecule has 0 saturated heterocycles. The molecule has 148 valence electrons. The minimum Gasteiger partial charge on any atom is -0.280 e. The van der Waals surface area contributed by atoms with E-state index >= 15 is 0 Å². The van der Waals surface area contributed by atoms with Crippen LogP contribution in [0.2, 0.25) is 0 Å². The van der Waals surface area contributed by atoms with Crippen LogP contribution in [0.1, 0.15) is 96.8 Å². The molecule has 7 heteroatoms. The molecule has 0 unspecified atom stereocenters. The van der Waals surface area contributed by atoms with Gasteiger partial charge in [0.15, 0.2) is 0 Å². The molecule has 0 aromatic heterocycles. The van der Waals surface area contributed by atoms with E-state index in [2.05, 4.69) is 28.3 Å². The summed E-state index contributed by atoms with van der Waals surface area (Å²) >= 11 is 0. The third-order valence-corrected chi connectivity index (χ3v) is 4.10. The first-order valence-corrected chi connectivity index (χ1v) is 10.8. The van der Waals surface area contributed by atoms with E-state index in [9.17, 15) is 13.2 Å². The molecular formula is C18H34O6S. The van der Waals surface area contributed by atoms with Gasteiger partial charge in [0.05, 0.1) is 0 Å². The third-order valence-electron chi connectivity index (χ3n) is 3.86. The largest absolute Gasteiger partial charge is 0.432 e. The fourth-order valence-electron chi connectivity index (χ4n) is 2.46. The maximum absolute atomic E-state index is 11.1. The Kier molecular flexibility index (Phi) is 15.9. The Morgan fingerprint density at radius 1 is 0.840 bits per heavy atom. The molecule has 0 aliphatic carbocycles. The molecule has 0 spiro atoms. The first-order chi connectivity index (χ1) is 12.0. The van der Waals surface area contributed by atoms with Crippen LogP contribution in [0.3, 0.4) is 0 Å². The number of rotatable bonds is 17. The van der Waals surface area contributed by atoms with Gasteiger partial charge in [-0.25, -0.2) is 4.79 Å². The molecule has 0 fully saturated rings. The number of unbranched alkanes of at least 4 members (excludes halogenated alkanes) is 11. The van der Waals surface area contributed by atoms with E-state index in [0.29, 0.717) is 6.42 Å². The lowest BCUT2D eigenvalue weighted by molar-refractivity contribution is -0.214. The Hall–Kier alpha value is -0.920. The van der Waals surface area contributed by atoms with Crippen LogP contribution in [0.25, 0.3) is 0 Å². The third kappa shape index (κ3) is 21.0. The van der Waals surface area contributed by atoms with Crippen LogP contribution < -0.4 is 0 Å². The molecule has 25 heavy (non-hydrogen) atoms. The van der Waals surface area contributed by atoms with Crippen molar-refractivity contribution in [3.05, 3.63) is 12.2 Å². The normalized spacial score (nSPS) is 11.9. The summed E-state index contributed by atoms with van der Waals surface area (Å²) in [6, 6.07) is 0. The van der Waals surface area contributed by atoms with Gasteiger partial charge in [-0.3, -0.25) is 9.44 Å². The summed E-state index contributed by atoms with van der Waals surface area (Å²) in [4.78, 5) is 15.0. The molecule has 1 N–H and O–H groups in total. The Labute approximate surface area is 152 Å². The van der Waals surface area contributed by atoms with Crippen LogP contribution in [0.15, 0.2) is 12.2 Å². The molecule has 0 aromatic carbocycles. The fourth-order valence-corrected chi connectivity index (χ4v) is 2.62. The molecule has 0 radical (unpaired) electrons. The molecule has 0 bridgehead atoms. The first kappa shape index (κ1) is 24.1. The summed E-state index contributed by atoms with van der Waals surface area (Å²) < 4.78 is 32.2. The van der Waals surface area contributed by atoms with Crippen LogP contribution >= 0.6 is 0 Å². The number of carbonyl (C=O) groups excluding carboxylic acids is 1. The Balaban J connectivity index is 3.28. The van der Waals surface area contributed by atoms with Crippen LogP contribution in [0, 0.1) is 0 Å². The predicted octanol–water partition coefficient (Wildman–Crippen LogP) is 5.30. The van der Waals surface area contributed by atoms with Crippen molar-refractivity contribution in [3.63, 3.8) is 0 Å². The van der Waals surface area contributed by atoms with E-state index in [1.807, 2.05) is 0 Å². The van der Waals surface area contributed by atoms with Gasteiger partial charge in [0, 0.05) is 6.42 Å². The van der Waals surface area contributed by atoms with Crippen LogP contribution in [-0.2, 0) is 24.4 Å². The van der Waals surface area contributed by atoms with E-state index in [1.54, 1.807) is 0 Å². The van der Waals surface area contributed by atoms with Gasteiger partial charge in [0.1, 0.15) is 0 Å². The Bertz CT molecular complexity index is 444. The SMILES string of the molecule is CCCCCCCC/C=C\CCCCCCCC(=O)OOS(=O)(=O)O. The highest BCUT2D eigenvalue weighted by atomic mass is 32.3. The summed E-state index contributed by atoms with van der Waals surface area (Å²) in [6.45, 7) is 2.24. The summed E-state index contributed by atoms with van der Waals surface area (Å²) in [5.74, 6) is -0.796. The maximum atomic E-state index is 11.1. The second kappa shape index (κ2) is 16.5. The van der Waals surface area contributed by atoms with Crippen molar-refractivity contribution in [3.8, 4) is 0 Å². The van der Waals surface area contributed by atoms with Gasteiger partial charge in [-0.15, -0.1) is 0 Å². The van der Waals surface area contributed by atoms with Gasteiger partial charge in [-0.05, 0) is 36.4 Å². The number of allylic oxidation sites excluding steroid dienone is 2. The van der Waals surface area contributed by atoms with Gasteiger partial charge >= 0.3 is 16.4 Å². The van der Waals surface area contributed by atoms with Crippen molar-refractivity contribution in [2.45, 2.75) is 96.8 Å². The number of hydrogen-bond acceptors (Lipinski definition) is 5. The topological polar surface area (TPSA) is 89.9 Å². The van der Waals surface area contributed by atoms with E-state index in [0.717, 1.165) is 32.1 Å². The first-order valence-electron chi connectivity index (χ1n) is 9.47. The highest BCUT2D eigenvalue weighted by Gasteiger charge is 2.11. The van der Waals surface area contributed by atoms with E-state index in [4.69, 9.17) is 4.55 Å². The molecule has 0 rings (SSSR count). The summed E-state index contributed by atoms with van der Waals surface area (Å²) in [6.07, 6.45) is 19.7. The highest BCUT2D eigenvalue weighted by Crippen LogP contribution is 2.10. The molecule has 0 heterocycles. The van der Waals surface area contributed by atoms with Crippen molar-refractivity contribution < 1.29 is 27.0 Å². The van der Waals surface area contributed by atoms with Gasteiger partial charge in [-0.1, -0.05) is 70.4 Å². The Morgan fingerprint density at radius 2 is 1.32 bits per heavy atom. The van der Waals surface area contributed by atoms with Crippen molar-refractivity contribution in [2.24, 2.45) is 0 Å². The van der Waals surface area contributed by atoms with E-state index < -0.39 is 16.4 Å². The molecule has 0 amide bonds. The molecule has 0 saturated carbocycles. The zero-order valence-electron chi connectivity index (χ0n) is 15.5. The smallest absolute Gasteiger partial charge is 0.280 e. The predicted molar refractivity (Wildman–Crippen MR) is 98.2 cm³/mol. The van der Waals surface area contributed by atoms with E-state index in [1.165, 1.54) is 44.9 Å². The average Bonchev–Trinajstić information content (AvgIpc) is 2.56. The zero-order valence-corrected chi connectivity index (χ0v) is 16.3. The monoisotopic (exact) mass is 378 g/mol. The Morgan fingerprint density at radius 3 is 1.84 bits per heavy atom. The minimum atomic E-state index is -4.73. The summed E-state index contributed by atoms with van der Waals surface area (Å²) in [5, 5.41) is 0. The van der Waals surface area contributed by atoms with Crippen molar-refractivity contribution >= 4 is 16.4 Å². The second-order valence-corrected chi connectivity index (χ2v) is 7.28. The van der Waals surface area contributed by atoms with Crippen molar-refractivity contribution in [1.82, 2.24) is 0 Å². The molecular weight excluding hydrogens is 344 g/mol. The second-order valence-electron chi connectivity index (χ2n) is 6.29. The average molecular weight is 379 g/mol. The lowest BCUT2D eigenvalue weighted by Crippen LogP contribution is -2.10. The zero-order chi connectivity index (χ0) is 18.8. The lowest BCUT2D eigenvalue weighted by atomic mass is 10.1.